The molecule has 2 fully saturated rings. The topological polar surface area (TPSA) is 60.9 Å². The second-order valence-electron chi connectivity index (χ2n) is 8.20. The number of hydrogen-bond acceptors (Lipinski definition) is 3. The molecule has 2 aliphatic rings. The maximum Gasteiger partial charge on any atom is 0.253 e. The van der Waals surface area contributed by atoms with E-state index in [1.54, 1.807) is 14.7 Å². The number of nitrogens with zero attached hydrogens (tertiary/aromatic N) is 3. The van der Waals surface area contributed by atoms with Gasteiger partial charge in [0.2, 0.25) is 11.8 Å². The van der Waals surface area contributed by atoms with Crippen LogP contribution in [0.2, 0.25) is 0 Å². The van der Waals surface area contributed by atoms with Gasteiger partial charge in [0.05, 0.1) is 5.92 Å². The monoisotopic (exact) mass is 375 g/mol. The molecule has 0 N–H and O–H groups in total. The van der Waals surface area contributed by atoms with Gasteiger partial charge in [-0.25, -0.2) is 4.39 Å². The molecule has 0 aliphatic carbocycles. The molecule has 3 amide bonds. The zero-order valence-electron chi connectivity index (χ0n) is 16.1. The van der Waals surface area contributed by atoms with Crippen LogP contribution in [0.15, 0.2) is 24.3 Å². The van der Waals surface area contributed by atoms with Gasteiger partial charge in [-0.05, 0) is 45.0 Å². The summed E-state index contributed by atoms with van der Waals surface area (Å²) >= 11 is 0. The molecule has 2 aliphatic heterocycles. The minimum Gasteiger partial charge on any atom is -0.339 e. The van der Waals surface area contributed by atoms with E-state index in [1.165, 1.54) is 24.3 Å². The Morgan fingerprint density at radius 1 is 1.00 bits per heavy atom. The van der Waals surface area contributed by atoms with Crippen LogP contribution >= 0.6 is 0 Å². The summed E-state index contributed by atoms with van der Waals surface area (Å²) < 4.78 is 13.0. The van der Waals surface area contributed by atoms with Crippen molar-refractivity contribution in [3.8, 4) is 0 Å². The Morgan fingerprint density at radius 2 is 1.56 bits per heavy atom. The molecule has 2 saturated heterocycles. The SMILES string of the molecule is CC(C)(C)N1CC(C(=O)N2CCN(C(=O)c3ccc(F)cc3)CC2)CC1=O. The fraction of sp³-hybridized carbons (Fsp3) is 0.550. The van der Waals surface area contributed by atoms with Gasteiger partial charge >= 0.3 is 0 Å². The highest BCUT2D eigenvalue weighted by molar-refractivity contribution is 5.94. The van der Waals surface area contributed by atoms with Crippen molar-refractivity contribution in [1.82, 2.24) is 14.7 Å². The first-order valence-corrected chi connectivity index (χ1v) is 9.31. The van der Waals surface area contributed by atoms with E-state index in [0.29, 0.717) is 38.3 Å². The molecule has 146 valence electrons. The summed E-state index contributed by atoms with van der Waals surface area (Å²) in [5.74, 6) is -0.833. The molecule has 1 aromatic rings. The van der Waals surface area contributed by atoms with E-state index >= 15 is 0 Å². The lowest BCUT2D eigenvalue weighted by Gasteiger charge is -2.36. The number of carbonyl (C=O) groups is 3. The number of halogens is 1. The Kier molecular flexibility index (Phi) is 5.22. The molecule has 1 atom stereocenters. The Balaban J connectivity index is 1.56. The standard InChI is InChI=1S/C20H26FN3O3/c1-20(2,3)24-13-15(12-17(24)25)19(27)23-10-8-22(9-11-23)18(26)14-4-6-16(21)7-5-14/h4-7,15H,8-13H2,1-3H3. The van der Waals surface area contributed by atoms with Crippen molar-refractivity contribution in [1.29, 1.82) is 0 Å². The molecule has 0 aromatic heterocycles. The first-order chi connectivity index (χ1) is 12.7. The van der Waals surface area contributed by atoms with Crippen molar-refractivity contribution >= 4 is 17.7 Å². The molecule has 27 heavy (non-hydrogen) atoms. The number of hydrogen-bond donors (Lipinski definition) is 0. The Morgan fingerprint density at radius 3 is 2.07 bits per heavy atom. The molecule has 0 saturated carbocycles. The van der Waals surface area contributed by atoms with Crippen molar-refractivity contribution in [3.05, 3.63) is 35.6 Å². The van der Waals surface area contributed by atoms with Crippen molar-refractivity contribution in [3.63, 3.8) is 0 Å². The fourth-order valence-electron chi connectivity index (χ4n) is 3.68. The minimum absolute atomic E-state index is 0.0102. The predicted octanol–water partition coefficient (Wildman–Crippen LogP) is 1.76. The van der Waals surface area contributed by atoms with Crippen LogP contribution in [0.3, 0.4) is 0 Å². The first-order valence-electron chi connectivity index (χ1n) is 9.31. The number of piperazine rings is 1. The molecular weight excluding hydrogens is 349 g/mol. The number of rotatable bonds is 2. The lowest BCUT2D eigenvalue weighted by Crippen LogP contribution is -2.52. The molecule has 6 nitrogen and oxygen atoms in total. The van der Waals surface area contributed by atoms with Crippen LogP contribution in [0.5, 0.6) is 0 Å². The highest BCUT2D eigenvalue weighted by Gasteiger charge is 2.41. The van der Waals surface area contributed by atoms with E-state index in [4.69, 9.17) is 0 Å². The van der Waals surface area contributed by atoms with Crippen LogP contribution in [0.25, 0.3) is 0 Å². The van der Waals surface area contributed by atoms with E-state index in [0.717, 1.165) is 0 Å². The van der Waals surface area contributed by atoms with Gasteiger partial charge < -0.3 is 14.7 Å². The van der Waals surface area contributed by atoms with Crippen LogP contribution in [-0.2, 0) is 9.59 Å². The normalized spacial score (nSPS) is 21.0. The molecule has 0 bridgehead atoms. The maximum absolute atomic E-state index is 13.0. The fourth-order valence-corrected chi connectivity index (χ4v) is 3.68. The van der Waals surface area contributed by atoms with Crippen LogP contribution in [0.4, 0.5) is 4.39 Å². The second kappa shape index (κ2) is 7.29. The third-order valence-corrected chi connectivity index (χ3v) is 5.25. The number of benzene rings is 1. The molecule has 0 radical (unpaired) electrons. The Hall–Kier alpha value is -2.44. The van der Waals surface area contributed by atoms with Gasteiger partial charge in [0.25, 0.3) is 5.91 Å². The van der Waals surface area contributed by atoms with Gasteiger partial charge in [-0.15, -0.1) is 0 Å². The number of carbonyl (C=O) groups excluding carboxylic acids is 3. The average molecular weight is 375 g/mol. The number of amides is 3. The van der Waals surface area contributed by atoms with Gasteiger partial charge in [0, 0.05) is 50.2 Å². The highest BCUT2D eigenvalue weighted by Crippen LogP contribution is 2.27. The zero-order valence-corrected chi connectivity index (χ0v) is 16.1. The minimum atomic E-state index is -0.377. The van der Waals surface area contributed by atoms with Crippen molar-refractivity contribution < 1.29 is 18.8 Å². The summed E-state index contributed by atoms with van der Waals surface area (Å²) in [6.07, 6.45) is 0.255. The van der Waals surface area contributed by atoms with Gasteiger partial charge in [0.15, 0.2) is 0 Å². The smallest absolute Gasteiger partial charge is 0.253 e. The third kappa shape index (κ3) is 4.12. The molecule has 1 unspecified atom stereocenters. The lowest BCUT2D eigenvalue weighted by atomic mass is 10.1. The van der Waals surface area contributed by atoms with E-state index in [1.807, 2.05) is 20.8 Å². The van der Waals surface area contributed by atoms with Crippen LogP contribution in [0.1, 0.15) is 37.6 Å². The summed E-state index contributed by atoms with van der Waals surface area (Å²) in [6.45, 7) is 8.14. The summed E-state index contributed by atoms with van der Waals surface area (Å²) in [5, 5.41) is 0. The molecule has 7 heteroatoms. The van der Waals surface area contributed by atoms with Gasteiger partial charge in [-0.3, -0.25) is 14.4 Å². The zero-order chi connectivity index (χ0) is 19.8. The molecule has 0 spiro atoms. The van der Waals surface area contributed by atoms with Crippen molar-refractivity contribution in [2.75, 3.05) is 32.7 Å². The summed E-state index contributed by atoms with van der Waals surface area (Å²) in [7, 11) is 0. The molecule has 3 rings (SSSR count). The van der Waals surface area contributed by atoms with Crippen LogP contribution in [-0.4, -0.2) is 70.7 Å². The van der Waals surface area contributed by atoms with E-state index in [9.17, 15) is 18.8 Å². The van der Waals surface area contributed by atoms with Crippen molar-refractivity contribution in [2.24, 2.45) is 5.92 Å². The quantitative estimate of drug-likeness (QED) is 0.791. The summed E-state index contributed by atoms with van der Waals surface area (Å²) in [6, 6.07) is 5.48. The second-order valence-corrected chi connectivity index (χ2v) is 8.20. The van der Waals surface area contributed by atoms with E-state index in [-0.39, 0.29) is 41.4 Å². The van der Waals surface area contributed by atoms with Gasteiger partial charge in [-0.1, -0.05) is 0 Å². The lowest BCUT2D eigenvalue weighted by molar-refractivity contribution is -0.137. The van der Waals surface area contributed by atoms with Gasteiger partial charge in [-0.2, -0.15) is 0 Å². The highest BCUT2D eigenvalue weighted by atomic mass is 19.1. The van der Waals surface area contributed by atoms with Gasteiger partial charge in [0.1, 0.15) is 5.82 Å². The molecular formula is C20H26FN3O3. The summed E-state index contributed by atoms with van der Waals surface area (Å²) in [5.41, 5.74) is 0.158. The van der Waals surface area contributed by atoms with E-state index in [2.05, 4.69) is 0 Å². The molecule has 2 heterocycles. The third-order valence-electron chi connectivity index (χ3n) is 5.25. The maximum atomic E-state index is 13.0. The largest absolute Gasteiger partial charge is 0.339 e. The van der Waals surface area contributed by atoms with E-state index < -0.39 is 0 Å². The Labute approximate surface area is 158 Å². The summed E-state index contributed by atoms with van der Waals surface area (Å²) in [4.78, 5) is 42.7. The van der Waals surface area contributed by atoms with Crippen LogP contribution in [0, 0.1) is 11.7 Å². The molecule has 1 aromatic carbocycles. The predicted molar refractivity (Wildman–Crippen MR) is 98.5 cm³/mol. The number of likely N-dealkylation sites (tertiary alicyclic amines) is 1. The first kappa shape index (κ1) is 19.3. The van der Waals surface area contributed by atoms with Crippen molar-refractivity contribution in [2.45, 2.75) is 32.7 Å². The van der Waals surface area contributed by atoms with Crippen LogP contribution < -0.4 is 0 Å². The Bertz CT molecular complexity index is 734. The average Bonchev–Trinajstić information content (AvgIpc) is 3.03.